The molecule has 1 N–H and O–H groups in total. The summed E-state index contributed by atoms with van der Waals surface area (Å²) in [5.41, 5.74) is 1.17. The standard InChI is InChI=1S/C17H11Cl4N3O/c18-11-6-5-10(14(20)7-11)8-24-9-15(21)16(23-24)22-17(25)12-3-1-2-4-13(12)19/h1-7,9H,8H2,(H,22,23,25). The normalized spacial score (nSPS) is 10.7. The molecule has 3 aromatic rings. The zero-order valence-electron chi connectivity index (χ0n) is 12.6. The van der Waals surface area contributed by atoms with Gasteiger partial charge in [-0.1, -0.05) is 64.6 Å². The van der Waals surface area contributed by atoms with Crippen LogP contribution in [0.15, 0.2) is 48.7 Å². The lowest BCUT2D eigenvalue weighted by Crippen LogP contribution is -2.13. The van der Waals surface area contributed by atoms with Crippen LogP contribution < -0.4 is 5.32 Å². The lowest BCUT2D eigenvalue weighted by Gasteiger charge is -2.06. The molecule has 0 bridgehead atoms. The number of amides is 1. The Morgan fingerprint density at radius 2 is 1.76 bits per heavy atom. The van der Waals surface area contributed by atoms with Crippen LogP contribution in [0.1, 0.15) is 15.9 Å². The van der Waals surface area contributed by atoms with Crippen molar-refractivity contribution in [1.82, 2.24) is 9.78 Å². The lowest BCUT2D eigenvalue weighted by molar-refractivity contribution is 0.102. The van der Waals surface area contributed by atoms with Gasteiger partial charge in [0.25, 0.3) is 5.91 Å². The fourth-order valence-electron chi connectivity index (χ4n) is 2.21. The Hall–Kier alpha value is -1.72. The van der Waals surface area contributed by atoms with E-state index < -0.39 is 0 Å². The molecule has 1 aromatic heterocycles. The van der Waals surface area contributed by atoms with E-state index in [1.165, 1.54) is 0 Å². The van der Waals surface area contributed by atoms with Crippen LogP contribution >= 0.6 is 46.4 Å². The number of carbonyl (C=O) groups is 1. The van der Waals surface area contributed by atoms with Gasteiger partial charge < -0.3 is 5.32 Å². The molecule has 0 aliphatic carbocycles. The summed E-state index contributed by atoms with van der Waals surface area (Å²) in [6.07, 6.45) is 1.61. The van der Waals surface area contributed by atoms with Crippen molar-refractivity contribution in [1.29, 1.82) is 0 Å². The van der Waals surface area contributed by atoms with Gasteiger partial charge in [-0.15, -0.1) is 0 Å². The first kappa shape index (κ1) is 18.1. The van der Waals surface area contributed by atoms with Crippen molar-refractivity contribution in [3.8, 4) is 0 Å². The molecule has 8 heteroatoms. The highest BCUT2D eigenvalue weighted by atomic mass is 35.5. The second-order valence-corrected chi connectivity index (χ2v) is 6.85. The third kappa shape index (κ3) is 4.28. The third-order valence-electron chi connectivity index (χ3n) is 3.41. The minimum atomic E-state index is -0.387. The molecular weight excluding hydrogens is 404 g/mol. The highest BCUT2D eigenvalue weighted by Gasteiger charge is 2.15. The molecule has 3 rings (SSSR count). The van der Waals surface area contributed by atoms with Gasteiger partial charge in [0.05, 0.1) is 17.1 Å². The van der Waals surface area contributed by atoms with Crippen LogP contribution in [0.4, 0.5) is 5.82 Å². The van der Waals surface area contributed by atoms with E-state index in [0.717, 1.165) is 5.56 Å². The summed E-state index contributed by atoms with van der Waals surface area (Å²) in [7, 11) is 0. The zero-order chi connectivity index (χ0) is 18.0. The minimum absolute atomic E-state index is 0.247. The van der Waals surface area contributed by atoms with Gasteiger partial charge in [0, 0.05) is 16.2 Å². The van der Waals surface area contributed by atoms with E-state index in [0.29, 0.717) is 32.2 Å². The summed E-state index contributed by atoms with van der Waals surface area (Å²) < 4.78 is 1.58. The summed E-state index contributed by atoms with van der Waals surface area (Å²) in [6, 6.07) is 11.9. The first-order chi connectivity index (χ1) is 11.9. The topological polar surface area (TPSA) is 46.9 Å². The Kier molecular flexibility index (Phi) is 5.54. The molecule has 0 saturated carbocycles. The van der Waals surface area contributed by atoms with E-state index >= 15 is 0 Å². The molecule has 0 radical (unpaired) electrons. The number of halogens is 4. The van der Waals surface area contributed by atoms with Gasteiger partial charge in [0.15, 0.2) is 5.82 Å². The number of hydrogen-bond donors (Lipinski definition) is 1. The van der Waals surface area contributed by atoms with Crippen LogP contribution in [-0.2, 0) is 6.54 Å². The van der Waals surface area contributed by atoms with Gasteiger partial charge in [-0.2, -0.15) is 5.10 Å². The highest BCUT2D eigenvalue weighted by molar-refractivity contribution is 6.36. The van der Waals surface area contributed by atoms with E-state index in [1.807, 2.05) is 6.07 Å². The van der Waals surface area contributed by atoms with Crippen molar-refractivity contribution in [2.75, 3.05) is 5.32 Å². The Morgan fingerprint density at radius 3 is 2.48 bits per heavy atom. The van der Waals surface area contributed by atoms with Crippen molar-refractivity contribution in [3.63, 3.8) is 0 Å². The van der Waals surface area contributed by atoms with Crippen molar-refractivity contribution >= 4 is 58.1 Å². The minimum Gasteiger partial charge on any atom is -0.304 e. The van der Waals surface area contributed by atoms with Gasteiger partial charge in [0.2, 0.25) is 0 Å². The van der Waals surface area contributed by atoms with Crippen LogP contribution in [-0.4, -0.2) is 15.7 Å². The van der Waals surface area contributed by atoms with E-state index in [9.17, 15) is 4.79 Å². The van der Waals surface area contributed by atoms with Crippen LogP contribution in [0.2, 0.25) is 20.1 Å². The number of rotatable bonds is 4. The molecule has 0 spiro atoms. The molecule has 25 heavy (non-hydrogen) atoms. The maximum Gasteiger partial charge on any atom is 0.258 e. The van der Waals surface area contributed by atoms with Crippen LogP contribution in [0.3, 0.4) is 0 Å². The third-order valence-corrected chi connectivity index (χ3v) is 4.61. The number of benzene rings is 2. The van der Waals surface area contributed by atoms with Crippen LogP contribution in [0.5, 0.6) is 0 Å². The lowest BCUT2D eigenvalue weighted by atomic mass is 10.2. The largest absolute Gasteiger partial charge is 0.304 e. The van der Waals surface area contributed by atoms with Gasteiger partial charge in [0.1, 0.15) is 5.02 Å². The smallest absolute Gasteiger partial charge is 0.258 e. The van der Waals surface area contributed by atoms with Crippen LogP contribution in [0.25, 0.3) is 0 Å². The van der Waals surface area contributed by atoms with Crippen molar-refractivity contribution in [2.24, 2.45) is 0 Å². The molecule has 1 heterocycles. The van der Waals surface area contributed by atoms with E-state index in [1.54, 1.807) is 47.3 Å². The van der Waals surface area contributed by atoms with Gasteiger partial charge in [-0.05, 0) is 29.8 Å². The molecule has 4 nitrogen and oxygen atoms in total. The Morgan fingerprint density at radius 1 is 1.00 bits per heavy atom. The monoisotopic (exact) mass is 413 g/mol. The summed E-state index contributed by atoms with van der Waals surface area (Å²) in [4.78, 5) is 12.3. The number of aromatic nitrogens is 2. The maximum atomic E-state index is 12.3. The summed E-state index contributed by atoms with van der Waals surface area (Å²) in [5, 5.41) is 8.68. The predicted molar refractivity (Wildman–Crippen MR) is 102 cm³/mol. The Labute approximate surface area is 164 Å². The first-order valence-corrected chi connectivity index (χ1v) is 8.68. The quantitative estimate of drug-likeness (QED) is 0.586. The number of carbonyl (C=O) groups excluding carboxylic acids is 1. The van der Waals surface area contributed by atoms with E-state index in [4.69, 9.17) is 46.4 Å². The van der Waals surface area contributed by atoms with Crippen molar-refractivity contribution in [3.05, 3.63) is 79.9 Å². The van der Waals surface area contributed by atoms with Gasteiger partial charge in [-0.25, -0.2) is 0 Å². The predicted octanol–water partition coefficient (Wildman–Crippen LogP) is 5.80. The zero-order valence-corrected chi connectivity index (χ0v) is 15.7. The molecular formula is C17H11Cl4N3O. The second-order valence-electron chi connectivity index (χ2n) is 5.19. The van der Waals surface area contributed by atoms with Crippen molar-refractivity contribution in [2.45, 2.75) is 6.54 Å². The molecule has 128 valence electrons. The summed E-state index contributed by atoms with van der Waals surface area (Å²) in [6.45, 7) is 0.387. The fourth-order valence-corrected chi connectivity index (χ4v) is 3.09. The Balaban J connectivity index is 1.78. The second kappa shape index (κ2) is 7.67. The van der Waals surface area contributed by atoms with Gasteiger partial charge in [-0.3, -0.25) is 9.48 Å². The van der Waals surface area contributed by atoms with Gasteiger partial charge >= 0.3 is 0 Å². The van der Waals surface area contributed by atoms with E-state index in [-0.39, 0.29) is 11.7 Å². The number of nitrogens with one attached hydrogen (secondary N) is 1. The Bertz CT molecular complexity index is 939. The maximum absolute atomic E-state index is 12.3. The van der Waals surface area contributed by atoms with E-state index in [2.05, 4.69) is 10.4 Å². The highest BCUT2D eigenvalue weighted by Crippen LogP contribution is 2.25. The number of hydrogen-bond acceptors (Lipinski definition) is 2. The average Bonchev–Trinajstić information content (AvgIpc) is 2.90. The molecule has 2 aromatic carbocycles. The molecule has 0 fully saturated rings. The van der Waals surface area contributed by atoms with Crippen molar-refractivity contribution < 1.29 is 4.79 Å². The number of anilines is 1. The molecule has 0 saturated heterocycles. The summed E-state index contributed by atoms with van der Waals surface area (Å²) in [5.74, 6) is -0.140. The summed E-state index contributed by atoms with van der Waals surface area (Å²) >= 11 is 24.2. The SMILES string of the molecule is O=C(Nc1nn(Cc2ccc(Cl)cc2Cl)cc1Cl)c1ccccc1Cl. The molecule has 0 aliphatic rings. The molecule has 0 unspecified atom stereocenters. The molecule has 0 aliphatic heterocycles. The first-order valence-electron chi connectivity index (χ1n) is 7.17. The molecule has 0 atom stereocenters. The molecule has 1 amide bonds. The number of nitrogens with zero attached hydrogens (tertiary/aromatic N) is 2. The van der Waals surface area contributed by atoms with Crippen LogP contribution in [0, 0.1) is 0 Å². The average molecular weight is 415 g/mol. The fraction of sp³-hybridized carbons (Fsp3) is 0.0588.